The number of hydrazone groups is 1. The summed E-state index contributed by atoms with van der Waals surface area (Å²) in [6, 6.07) is 8.63. The molecule has 0 saturated carbocycles. The zero-order valence-corrected chi connectivity index (χ0v) is 13.7. The van der Waals surface area contributed by atoms with Gasteiger partial charge in [-0.1, -0.05) is 30.0 Å². The van der Waals surface area contributed by atoms with Crippen molar-refractivity contribution in [2.75, 3.05) is 18.7 Å². The van der Waals surface area contributed by atoms with Crippen LogP contribution < -0.4 is 5.32 Å². The minimum absolute atomic E-state index is 0.403. The average Bonchev–Trinajstić information content (AvgIpc) is 2.78. The van der Waals surface area contributed by atoms with Crippen LogP contribution in [-0.2, 0) is 4.74 Å². The van der Waals surface area contributed by atoms with E-state index < -0.39 is 17.8 Å². The molecule has 0 fully saturated rings. The Kier molecular flexibility index (Phi) is 4.60. The van der Waals surface area contributed by atoms with E-state index in [1.165, 1.54) is 28.8 Å². The number of rotatable bonds is 1. The topological polar surface area (TPSA) is 74.2 Å². The molecule has 0 unspecified atom stereocenters. The Morgan fingerprint density at radius 1 is 1.27 bits per heavy atom. The highest BCUT2D eigenvalue weighted by molar-refractivity contribution is 8.13. The Morgan fingerprint density at radius 2 is 1.91 bits per heavy atom. The Labute approximate surface area is 133 Å². The van der Waals surface area contributed by atoms with Crippen LogP contribution in [0.2, 0.25) is 0 Å². The maximum absolute atomic E-state index is 12.5. The fraction of sp³-hybridized carbons (Fsp3) is 0.357. The maximum atomic E-state index is 12.5. The lowest BCUT2D eigenvalue weighted by Crippen LogP contribution is -2.55. The van der Waals surface area contributed by atoms with Gasteiger partial charge in [-0.2, -0.15) is 5.01 Å². The van der Waals surface area contributed by atoms with Gasteiger partial charge < -0.3 is 10.1 Å². The summed E-state index contributed by atoms with van der Waals surface area (Å²) in [4.78, 5) is 25.8. The third-order valence-electron chi connectivity index (χ3n) is 3.20. The molecule has 0 aliphatic carbocycles. The average molecular weight is 322 g/mol. The molecule has 118 valence electrons. The van der Waals surface area contributed by atoms with E-state index in [0.29, 0.717) is 10.9 Å². The standard InChI is InChI=1S/C14H18N4O3S/c1-14(2)17(13(20)21-3)12(22-4)16-18(14)11(19)15-10-8-6-5-7-9-10/h5-9H,1-4H3,(H,15,19). The second-order valence-electron chi connectivity index (χ2n) is 4.99. The van der Waals surface area contributed by atoms with Crippen molar-refractivity contribution in [3.63, 3.8) is 0 Å². The van der Waals surface area contributed by atoms with Gasteiger partial charge in [-0.3, -0.25) is 0 Å². The summed E-state index contributed by atoms with van der Waals surface area (Å²) in [5.41, 5.74) is -0.315. The number of carbonyl (C=O) groups is 2. The Bertz CT molecular complexity index is 603. The number of carbonyl (C=O) groups excluding carboxylic acids is 2. The number of nitrogens with zero attached hydrogens (tertiary/aromatic N) is 3. The lowest BCUT2D eigenvalue weighted by molar-refractivity contribution is 0.0642. The summed E-state index contributed by atoms with van der Waals surface area (Å²) in [6.07, 6.45) is 1.22. The van der Waals surface area contributed by atoms with E-state index >= 15 is 0 Å². The zero-order valence-electron chi connectivity index (χ0n) is 12.9. The van der Waals surface area contributed by atoms with Crippen LogP contribution in [0.3, 0.4) is 0 Å². The molecule has 22 heavy (non-hydrogen) atoms. The Morgan fingerprint density at radius 3 is 2.45 bits per heavy atom. The van der Waals surface area contributed by atoms with Gasteiger partial charge in [0.2, 0.25) is 0 Å². The molecule has 1 aliphatic rings. The lowest BCUT2D eigenvalue weighted by atomic mass is 10.2. The SMILES string of the molecule is COC(=O)N1C(SC)=NN(C(=O)Nc2ccccc2)C1(C)C. The minimum atomic E-state index is -0.968. The van der Waals surface area contributed by atoms with Crippen molar-refractivity contribution in [2.24, 2.45) is 5.10 Å². The van der Waals surface area contributed by atoms with Gasteiger partial charge in [0.1, 0.15) is 5.66 Å². The molecular weight excluding hydrogens is 304 g/mol. The number of anilines is 1. The van der Waals surface area contributed by atoms with Crippen molar-refractivity contribution < 1.29 is 14.3 Å². The highest BCUT2D eigenvalue weighted by Gasteiger charge is 2.48. The van der Waals surface area contributed by atoms with E-state index in [2.05, 4.69) is 10.4 Å². The summed E-state index contributed by atoms with van der Waals surface area (Å²) in [5, 5.41) is 8.63. The van der Waals surface area contributed by atoms with Crippen LogP contribution >= 0.6 is 11.8 Å². The monoisotopic (exact) mass is 322 g/mol. The lowest BCUT2D eigenvalue weighted by Gasteiger charge is -2.34. The highest BCUT2D eigenvalue weighted by Crippen LogP contribution is 2.32. The number of benzene rings is 1. The molecule has 0 spiro atoms. The van der Waals surface area contributed by atoms with E-state index in [0.717, 1.165) is 0 Å². The number of urea groups is 1. The molecule has 0 aromatic heterocycles. The first-order chi connectivity index (χ1) is 10.4. The van der Waals surface area contributed by atoms with Crippen molar-refractivity contribution >= 4 is 34.7 Å². The summed E-state index contributed by atoms with van der Waals surface area (Å²) >= 11 is 1.27. The zero-order chi connectivity index (χ0) is 16.3. The summed E-state index contributed by atoms with van der Waals surface area (Å²) < 4.78 is 4.78. The predicted molar refractivity (Wildman–Crippen MR) is 86.6 cm³/mol. The second kappa shape index (κ2) is 6.27. The summed E-state index contributed by atoms with van der Waals surface area (Å²) in [7, 11) is 1.29. The number of methoxy groups -OCH3 is 1. The van der Waals surface area contributed by atoms with Crippen LogP contribution in [0.25, 0.3) is 0 Å². The van der Waals surface area contributed by atoms with E-state index in [1.807, 2.05) is 18.2 Å². The molecule has 3 amide bonds. The summed E-state index contributed by atoms with van der Waals surface area (Å²) in [6.45, 7) is 3.45. The Hall–Kier alpha value is -2.22. The number of hydrogen-bond donors (Lipinski definition) is 1. The van der Waals surface area contributed by atoms with Crippen LogP contribution in [0.5, 0.6) is 0 Å². The Balaban J connectivity index is 2.25. The smallest absolute Gasteiger partial charge is 0.417 e. The first-order valence-corrected chi connectivity index (χ1v) is 7.81. The second-order valence-corrected chi connectivity index (χ2v) is 5.77. The van der Waals surface area contributed by atoms with Crippen LogP contribution in [0.15, 0.2) is 35.4 Å². The van der Waals surface area contributed by atoms with Crippen molar-refractivity contribution in [2.45, 2.75) is 19.5 Å². The molecular formula is C14H18N4O3S. The number of nitrogens with one attached hydrogen (secondary N) is 1. The van der Waals surface area contributed by atoms with Gasteiger partial charge in [-0.15, -0.1) is 5.10 Å². The van der Waals surface area contributed by atoms with Gasteiger partial charge in [0.25, 0.3) is 0 Å². The van der Waals surface area contributed by atoms with Gasteiger partial charge in [-0.05, 0) is 32.2 Å². The van der Waals surface area contributed by atoms with Crippen molar-refractivity contribution in [3.8, 4) is 0 Å². The predicted octanol–water partition coefficient (Wildman–Crippen LogP) is 2.97. The number of amides is 3. The van der Waals surface area contributed by atoms with Crippen molar-refractivity contribution in [1.82, 2.24) is 9.91 Å². The first-order valence-electron chi connectivity index (χ1n) is 6.59. The third-order valence-corrected chi connectivity index (χ3v) is 3.83. The molecule has 1 heterocycles. The van der Waals surface area contributed by atoms with Gasteiger partial charge in [-0.25, -0.2) is 14.5 Å². The molecule has 0 bridgehead atoms. The number of hydrogen-bond acceptors (Lipinski definition) is 5. The van der Waals surface area contributed by atoms with Crippen LogP contribution in [0, 0.1) is 0 Å². The molecule has 0 atom stereocenters. The number of thioether (sulfide) groups is 1. The molecule has 1 aliphatic heterocycles. The van der Waals surface area contributed by atoms with Crippen molar-refractivity contribution in [1.29, 1.82) is 0 Å². The molecule has 1 aromatic carbocycles. The van der Waals surface area contributed by atoms with E-state index in [9.17, 15) is 9.59 Å². The van der Waals surface area contributed by atoms with E-state index in [4.69, 9.17) is 4.74 Å². The molecule has 2 rings (SSSR count). The van der Waals surface area contributed by atoms with Crippen molar-refractivity contribution in [3.05, 3.63) is 30.3 Å². The van der Waals surface area contributed by atoms with Crippen LogP contribution in [0.1, 0.15) is 13.8 Å². The molecule has 1 N–H and O–H groups in total. The molecule has 0 saturated heterocycles. The van der Waals surface area contributed by atoms with Gasteiger partial charge in [0.15, 0.2) is 5.17 Å². The first kappa shape index (κ1) is 16.2. The van der Waals surface area contributed by atoms with E-state index in [1.54, 1.807) is 32.2 Å². The third kappa shape index (κ3) is 2.87. The molecule has 7 nitrogen and oxygen atoms in total. The number of amidine groups is 1. The molecule has 0 radical (unpaired) electrons. The fourth-order valence-electron chi connectivity index (χ4n) is 2.10. The fourth-order valence-corrected chi connectivity index (χ4v) is 2.74. The van der Waals surface area contributed by atoms with E-state index in [-0.39, 0.29) is 0 Å². The van der Waals surface area contributed by atoms with Crippen LogP contribution in [-0.4, -0.2) is 46.2 Å². The highest BCUT2D eigenvalue weighted by atomic mass is 32.2. The minimum Gasteiger partial charge on any atom is -0.452 e. The normalized spacial score (nSPS) is 16.3. The number of ether oxygens (including phenoxy) is 1. The quantitative estimate of drug-likeness (QED) is 0.862. The molecule has 1 aromatic rings. The van der Waals surface area contributed by atoms with Gasteiger partial charge >= 0.3 is 12.1 Å². The van der Waals surface area contributed by atoms with Gasteiger partial charge in [0, 0.05) is 5.69 Å². The summed E-state index contributed by atoms with van der Waals surface area (Å²) in [5.74, 6) is 0. The number of para-hydroxylation sites is 1. The van der Waals surface area contributed by atoms with Crippen LogP contribution in [0.4, 0.5) is 15.3 Å². The largest absolute Gasteiger partial charge is 0.452 e. The maximum Gasteiger partial charge on any atom is 0.417 e. The molecule has 8 heteroatoms. The van der Waals surface area contributed by atoms with Gasteiger partial charge in [0.05, 0.1) is 7.11 Å².